The van der Waals surface area contributed by atoms with Gasteiger partial charge in [-0.1, -0.05) is 17.3 Å². The van der Waals surface area contributed by atoms with Gasteiger partial charge in [-0.15, -0.1) is 0 Å². The first kappa shape index (κ1) is 11.9. The third-order valence-corrected chi connectivity index (χ3v) is 3.09. The summed E-state index contributed by atoms with van der Waals surface area (Å²) in [6.07, 6.45) is 0. The Morgan fingerprint density at radius 1 is 1.37 bits per heavy atom. The fraction of sp³-hybridized carbons (Fsp3) is 0.308. The summed E-state index contributed by atoms with van der Waals surface area (Å²) >= 11 is 0. The molecule has 0 fully saturated rings. The van der Waals surface area contributed by atoms with Crippen molar-refractivity contribution in [3.63, 3.8) is 0 Å². The Hall–Kier alpha value is -2.21. The zero-order valence-electron chi connectivity index (χ0n) is 11.1. The number of benzene rings is 1. The van der Waals surface area contributed by atoms with Crippen LogP contribution in [0.15, 0.2) is 22.7 Å². The fourth-order valence-corrected chi connectivity index (χ4v) is 2.17. The Labute approximate surface area is 110 Å². The summed E-state index contributed by atoms with van der Waals surface area (Å²) in [4.78, 5) is 4.34. The number of hydrogen-bond donors (Lipinski definition) is 1. The van der Waals surface area contributed by atoms with E-state index >= 15 is 0 Å². The van der Waals surface area contributed by atoms with E-state index in [0.717, 1.165) is 22.2 Å². The van der Waals surface area contributed by atoms with Gasteiger partial charge in [0.15, 0.2) is 0 Å². The van der Waals surface area contributed by atoms with Gasteiger partial charge in [0.2, 0.25) is 11.7 Å². The van der Waals surface area contributed by atoms with Crippen LogP contribution < -0.4 is 5.32 Å². The van der Waals surface area contributed by atoms with E-state index in [0.29, 0.717) is 18.3 Å². The maximum atomic E-state index is 5.16. The first-order valence-electron chi connectivity index (χ1n) is 6.10. The molecule has 0 radical (unpaired) electrons. The van der Waals surface area contributed by atoms with Gasteiger partial charge in [0.1, 0.15) is 0 Å². The monoisotopic (exact) mass is 257 g/mol. The van der Waals surface area contributed by atoms with E-state index in [2.05, 4.69) is 20.6 Å². The molecule has 0 saturated carbocycles. The predicted octanol–water partition coefficient (Wildman–Crippen LogP) is 1.65. The highest BCUT2D eigenvalue weighted by molar-refractivity contribution is 5.85. The minimum atomic E-state index is 0.570. The van der Waals surface area contributed by atoms with Crippen molar-refractivity contribution < 1.29 is 4.52 Å². The molecule has 6 heteroatoms. The van der Waals surface area contributed by atoms with Gasteiger partial charge in [0, 0.05) is 18.0 Å². The van der Waals surface area contributed by atoms with Gasteiger partial charge in [-0.25, -0.2) is 0 Å². The number of aryl methyl sites for hydroxylation is 2. The van der Waals surface area contributed by atoms with Gasteiger partial charge < -0.3 is 9.84 Å². The highest BCUT2D eigenvalue weighted by Gasteiger charge is 2.11. The van der Waals surface area contributed by atoms with E-state index in [-0.39, 0.29) is 0 Å². The molecule has 98 valence electrons. The highest BCUT2D eigenvalue weighted by Crippen LogP contribution is 2.24. The normalized spacial score (nSPS) is 11.3. The van der Waals surface area contributed by atoms with Crippen LogP contribution in [-0.4, -0.2) is 27.0 Å². The summed E-state index contributed by atoms with van der Waals surface area (Å²) in [6, 6.07) is 6.06. The van der Waals surface area contributed by atoms with Crippen LogP contribution in [0.25, 0.3) is 22.3 Å². The molecule has 0 amide bonds. The average molecular weight is 257 g/mol. The van der Waals surface area contributed by atoms with Crippen molar-refractivity contribution in [1.82, 2.24) is 25.2 Å². The summed E-state index contributed by atoms with van der Waals surface area (Å²) in [5.74, 6) is 1.18. The standard InChI is InChI=1S/C13H15N5O/c1-8-10-5-4-9(6-11(10)18(3)16-8)13-15-12(7-14-2)19-17-13/h4-6,14H,7H2,1-3H3. The third-order valence-electron chi connectivity index (χ3n) is 3.09. The zero-order chi connectivity index (χ0) is 13.4. The molecular weight excluding hydrogens is 242 g/mol. The van der Waals surface area contributed by atoms with Crippen LogP contribution >= 0.6 is 0 Å². The van der Waals surface area contributed by atoms with Crippen molar-refractivity contribution in [2.45, 2.75) is 13.5 Å². The lowest BCUT2D eigenvalue weighted by Gasteiger charge is -1.97. The molecule has 3 rings (SSSR count). The van der Waals surface area contributed by atoms with E-state index in [1.54, 1.807) is 0 Å². The Kier molecular flexibility index (Phi) is 2.79. The molecule has 0 atom stereocenters. The molecule has 1 N–H and O–H groups in total. The van der Waals surface area contributed by atoms with Crippen LogP contribution in [0.3, 0.4) is 0 Å². The molecule has 19 heavy (non-hydrogen) atoms. The summed E-state index contributed by atoms with van der Waals surface area (Å²) in [6.45, 7) is 2.57. The number of hydrogen-bond acceptors (Lipinski definition) is 5. The van der Waals surface area contributed by atoms with Gasteiger partial charge in [-0.2, -0.15) is 10.1 Å². The lowest BCUT2D eigenvalue weighted by Crippen LogP contribution is -2.04. The van der Waals surface area contributed by atoms with Crippen LogP contribution in [0.4, 0.5) is 0 Å². The lowest BCUT2D eigenvalue weighted by molar-refractivity contribution is 0.372. The number of rotatable bonds is 3. The Bertz CT molecular complexity index is 728. The SMILES string of the molecule is CNCc1nc(-c2ccc3c(C)nn(C)c3c2)no1. The maximum absolute atomic E-state index is 5.16. The van der Waals surface area contributed by atoms with Crippen molar-refractivity contribution in [2.24, 2.45) is 7.05 Å². The van der Waals surface area contributed by atoms with Gasteiger partial charge in [-0.05, 0) is 20.0 Å². The van der Waals surface area contributed by atoms with Crippen molar-refractivity contribution in [3.05, 3.63) is 29.8 Å². The molecule has 3 aromatic rings. The van der Waals surface area contributed by atoms with E-state index in [4.69, 9.17) is 4.52 Å². The minimum Gasteiger partial charge on any atom is -0.338 e. The fourth-order valence-electron chi connectivity index (χ4n) is 2.17. The molecule has 0 unspecified atom stereocenters. The van der Waals surface area contributed by atoms with Gasteiger partial charge in [0.25, 0.3) is 0 Å². The smallest absolute Gasteiger partial charge is 0.240 e. The van der Waals surface area contributed by atoms with Gasteiger partial charge in [-0.3, -0.25) is 4.68 Å². The molecule has 2 heterocycles. The van der Waals surface area contributed by atoms with Crippen LogP contribution in [0.5, 0.6) is 0 Å². The Morgan fingerprint density at radius 3 is 3.00 bits per heavy atom. The number of nitrogens with one attached hydrogen (secondary N) is 1. The Balaban J connectivity index is 2.06. The number of fused-ring (bicyclic) bond motifs is 1. The topological polar surface area (TPSA) is 68.8 Å². The predicted molar refractivity (Wildman–Crippen MR) is 71.5 cm³/mol. The molecular formula is C13H15N5O. The van der Waals surface area contributed by atoms with Crippen LogP contribution in [-0.2, 0) is 13.6 Å². The van der Waals surface area contributed by atoms with E-state index < -0.39 is 0 Å². The van der Waals surface area contributed by atoms with Crippen LogP contribution in [0.1, 0.15) is 11.6 Å². The molecule has 0 saturated heterocycles. The van der Waals surface area contributed by atoms with Crippen molar-refractivity contribution in [2.75, 3.05) is 7.05 Å². The van der Waals surface area contributed by atoms with E-state index in [1.165, 1.54) is 0 Å². The molecule has 6 nitrogen and oxygen atoms in total. The van der Waals surface area contributed by atoms with Gasteiger partial charge >= 0.3 is 0 Å². The average Bonchev–Trinajstić information content (AvgIpc) is 2.96. The van der Waals surface area contributed by atoms with Gasteiger partial charge in [0.05, 0.1) is 17.8 Å². The Morgan fingerprint density at radius 2 is 2.21 bits per heavy atom. The van der Waals surface area contributed by atoms with Crippen molar-refractivity contribution in [1.29, 1.82) is 0 Å². The lowest BCUT2D eigenvalue weighted by atomic mass is 10.1. The summed E-state index contributed by atoms with van der Waals surface area (Å²) < 4.78 is 7.02. The molecule has 2 aromatic heterocycles. The largest absolute Gasteiger partial charge is 0.338 e. The second kappa shape index (κ2) is 4.47. The van der Waals surface area contributed by atoms with Crippen molar-refractivity contribution in [3.8, 4) is 11.4 Å². The molecule has 0 aliphatic carbocycles. The quantitative estimate of drug-likeness (QED) is 0.772. The molecule has 0 spiro atoms. The van der Waals surface area contributed by atoms with Crippen LogP contribution in [0, 0.1) is 6.92 Å². The number of aromatic nitrogens is 4. The van der Waals surface area contributed by atoms with Crippen molar-refractivity contribution >= 4 is 10.9 Å². The maximum Gasteiger partial charge on any atom is 0.240 e. The van der Waals surface area contributed by atoms with Crippen LogP contribution in [0.2, 0.25) is 0 Å². The number of nitrogens with zero attached hydrogens (tertiary/aromatic N) is 4. The molecule has 0 bridgehead atoms. The summed E-state index contributed by atoms with van der Waals surface area (Å²) in [5, 5.41) is 12.5. The second-order valence-corrected chi connectivity index (χ2v) is 4.48. The first-order chi connectivity index (χ1) is 9.19. The van der Waals surface area contributed by atoms with E-state index in [9.17, 15) is 0 Å². The highest BCUT2D eigenvalue weighted by atomic mass is 16.5. The third kappa shape index (κ3) is 2.00. The molecule has 0 aliphatic rings. The second-order valence-electron chi connectivity index (χ2n) is 4.48. The summed E-state index contributed by atoms with van der Waals surface area (Å²) in [7, 11) is 3.77. The molecule has 0 aliphatic heterocycles. The zero-order valence-corrected chi connectivity index (χ0v) is 11.1. The minimum absolute atomic E-state index is 0.570. The molecule has 1 aromatic carbocycles. The summed E-state index contributed by atoms with van der Waals surface area (Å²) in [5.41, 5.74) is 3.02. The van der Waals surface area contributed by atoms with E-state index in [1.807, 2.05) is 43.9 Å². The first-order valence-corrected chi connectivity index (χ1v) is 6.10.